The molecular formula is C58H38IrN2-2. The Balaban J connectivity index is 0.000000235. The Morgan fingerprint density at radius 1 is 0.311 bits per heavy atom. The van der Waals surface area contributed by atoms with Gasteiger partial charge in [0.2, 0.25) is 0 Å². The predicted octanol–water partition coefficient (Wildman–Crippen LogP) is 15.2. The first kappa shape index (κ1) is 39.2. The van der Waals surface area contributed by atoms with Crippen molar-refractivity contribution in [3.05, 3.63) is 243 Å². The van der Waals surface area contributed by atoms with E-state index in [0.717, 1.165) is 33.6 Å². The largest absolute Gasteiger partial charge is 0.305 e. The number of pyridine rings is 2. The van der Waals surface area contributed by atoms with Crippen molar-refractivity contribution in [2.24, 2.45) is 0 Å². The van der Waals surface area contributed by atoms with E-state index in [-0.39, 0.29) is 20.1 Å². The third-order valence-corrected chi connectivity index (χ3v) is 11.0. The molecular weight excluding hydrogens is 917 g/mol. The fraction of sp³-hybridized carbons (Fsp3) is 0. The van der Waals surface area contributed by atoms with Crippen LogP contribution >= 0.6 is 0 Å². The quantitative estimate of drug-likeness (QED) is 0.155. The van der Waals surface area contributed by atoms with Gasteiger partial charge in [-0.15, -0.1) is 71.3 Å². The van der Waals surface area contributed by atoms with E-state index in [1.165, 1.54) is 65.7 Å². The summed E-state index contributed by atoms with van der Waals surface area (Å²) in [6.07, 6.45) is 3.67. The Labute approximate surface area is 370 Å². The van der Waals surface area contributed by atoms with Crippen molar-refractivity contribution in [1.29, 1.82) is 0 Å². The third-order valence-electron chi connectivity index (χ3n) is 11.0. The standard InChI is InChI=1S/C43H28N.C15H10N.Ir/c1-3-19-39-30(11-1)13-9-21-41(39)37-27-36(28-38(29-37)42-22-10-14-31-12-2-4-20-40(31)42)34-17-7-15-32(25-34)33-16-8-18-35(26-33)43-23-5-6-24-44-43;1-2-7-13(8-3-1)15-14-9-5-4-6-12(14)10-11-16-15;/h1-17,19-29H;1-7,9-11H;/q2*-1;. The van der Waals surface area contributed by atoms with Crippen LogP contribution in [0.5, 0.6) is 0 Å². The van der Waals surface area contributed by atoms with Crippen LogP contribution in [0.15, 0.2) is 231 Å². The summed E-state index contributed by atoms with van der Waals surface area (Å²) in [5, 5.41) is 7.39. The molecule has 1 radical (unpaired) electrons. The minimum atomic E-state index is 0. The van der Waals surface area contributed by atoms with Crippen molar-refractivity contribution in [1.82, 2.24) is 9.97 Å². The summed E-state index contributed by atoms with van der Waals surface area (Å²) in [4.78, 5) is 8.98. The molecule has 0 bridgehead atoms. The molecule has 0 N–H and O–H groups in total. The summed E-state index contributed by atoms with van der Waals surface area (Å²) in [6.45, 7) is 0. The molecule has 0 saturated carbocycles. The second-order valence-electron chi connectivity index (χ2n) is 14.8. The molecule has 9 aromatic carbocycles. The summed E-state index contributed by atoms with van der Waals surface area (Å²) in [5.41, 5.74) is 13.5. The van der Waals surface area contributed by atoms with E-state index >= 15 is 0 Å². The smallest absolute Gasteiger partial charge is 0.0167 e. The van der Waals surface area contributed by atoms with E-state index in [0.29, 0.717) is 0 Å². The molecule has 291 valence electrons. The average Bonchev–Trinajstić information content (AvgIpc) is 3.34. The monoisotopic (exact) mass is 955 g/mol. The summed E-state index contributed by atoms with van der Waals surface area (Å²) >= 11 is 0. The molecule has 61 heavy (non-hydrogen) atoms. The van der Waals surface area contributed by atoms with Gasteiger partial charge in [0.15, 0.2) is 0 Å². The van der Waals surface area contributed by atoms with Gasteiger partial charge >= 0.3 is 0 Å². The van der Waals surface area contributed by atoms with Crippen molar-refractivity contribution in [3.8, 4) is 67.0 Å². The molecule has 0 aliphatic carbocycles. The first-order valence-electron chi connectivity index (χ1n) is 20.2. The molecule has 11 rings (SSSR count). The number of aromatic nitrogens is 2. The number of fused-ring (bicyclic) bond motifs is 3. The maximum absolute atomic E-state index is 4.54. The van der Waals surface area contributed by atoms with Gasteiger partial charge in [-0.3, -0.25) is 0 Å². The summed E-state index contributed by atoms with van der Waals surface area (Å²) in [5.74, 6) is 0. The predicted molar refractivity (Wildman–Crippen MR) is 251 cm³/mol. The number of hydrogen-bond acceptors (Lipinski definition) is 2. The maximum atomic E-state index is 4.54. The Morgan fingerprint density at radius 3 is 1.49 bits per heavy atom. The molecule has 3 heteroatoms. The minimum Gasteiger partial charge on any atom is -0.305 e. The van der Waals surface area contributed by atoms with Gasteiger partial charge in [-0.25, -0.2) is 0 Å². The number of rotatable bonds is 6. The van der Waals surface area contributed by atoms with Crippen LogP contribution in [0.3, 0.4) is 0 Å². The van der Waals surface area contributed by atoms with Crippen molar-refractivity contribution in [2.75, 3.05) is 0 Å². The van der Waals surface area contributed by atoms with Crippen molar-refractivity contribution in [3.63, 3.8) is 0 Å². The third kappa shape index (κ3) is 8.31. The maximum Gasteiger partial charge on any atom is 0.0167 e. The Kier molecular flexibility index (Phi) is 11.5. The second kappa shape index (κ2) is 17.9. The van der Waals surface area contributed by atoms with Crippen LogP contribution in [0.1, 0.15) is 0 Å². The molecule has 2 heterocycles. The zero-order valence-electron chi connectivity index (χ0n) is 33.2. The van der Waals surface area contributed by atoms with Crippen molar-refractivity contribution in [2.45, 2.75) is 0 Å². The molecule has 0 aliphatic heterocycles. The summed E-state index contributed by atoms with van der Waals surface area (Å²) in [6, 6.07) is 83.4. The zero-order valence-corrected chi connectivity index (χ0v) is 35.6. The molecule has 11 aromatic rings. The van der Waals surface area contributed by atoms with E-state index in [4.69, 9.17) is 0 Å². The topological polar surface area (TPSA) is 25.8 Å². The van der Waals surface area contributed by atoms with E-state index in [1.807, 2.05) is 79.1 Å². The van der Waals surface area contributed by atoms with Gasteiger partial charge in [0.05, 0.1) is 0 Å². The molecule has 0 aliphatic rings. The number of hydrogen-bond donors (Lipinski definition) is 0. The molecule has 0 saturated heterocycles. The van der Waals surface area contributed by atoms with E-state index < -0.39 is 0 Å². The molecule has 0 unspecified atom stereocenters. The van der Waals surface area contributed by atoms with Gasteiger partial charge in [-0.2, -0.15) is 0 Å². The SMILES string of the molecule is [Ir].[c-]1ccc(-c2cccc(-c3cc(-c4cccc5ccccc45)cc(-c4cccc5ccccc45)c3)c2)cc1-c1ccccn1.[c-]1ccccc1-c1nccc2ccccc12. The molecule has 0 atom stereocenters. The van der Waals surface area contributed by atoms with Crippen LogP contribution in [0, 0.1) is 12.1 Å². The minimum absolute atomic E-state index is 0. The van der Waals surface area contributed by atoms with Crippen molar-refractivity contribution >= 4 is 32.3 Å². The van der Waals surface area contributed by atoms with Gasteiger partial charge in [0, 0.05) is 32.5 Å². The van der Waals surface area contributed by atoms with Crippen LogP contribution in [0.25, 0.3) is 99.3 Å². The fourth-order valence-electron chi connectivity index (χ4n) is 8.13. The van der Waals surface area contributed by atoms with E-state index in [1.54, 1.807) is 0 Å². The Morgan fingerprint density at radius 2 is 0.836 bits per heavy atom. The molecule has 2 nitrogen and oxygen atoms in total. The van der Waals surface area contributed by atoms with Crippen LogP contribution in [-0.2, 0) is 20.1 Å². The first-order valence-corrected chi connectivity index (χ1v) is 20.2. The second-order valence-corrected chi connectivity index (χ2v) is 14.8. The number of nitrogens with zero attached hydrogens (tertiary/aromatic N) is 2. The van der Waals surface area contributed by atoms with Crippen molar-refractivity contribution < 1.29 is 20.1 Å². The normalized spacial score (nSPS) is 10.8. The fourth-order valence-corrected chi connectivity index (χ4v) is 8.13. The molecule has 2 aromatic heterocycles. The number of benzene rings is 9. The van der Waals surface area contributed by atoms with E-state index in [2.05, 4.69) is 174 Å². The van der Waals surface area contributed by atoms with Crippen LogP contribution in [-0.4, -0.2) is 9.97 Å². The molecule has 0 spiro atoms. The molecule has 0 amide bonds. The van der Waals surface area contributed by atoms with Crippen LogP contribution in [0.2, 0.25) is 0 Å². The zero-order chi connectivity index (χ0) is 40.1. The van der Waals surface area contributed by atoms with Crippen LogP contribution in [0.4, 0.5) is 0 Å². The van der Waals surface area contributed by atoms with Gasteiger partial charge in [-0.05, 0) is 119 Å². The first-order chi connectivity index (χ1) is 29.7. The average molecular weight is 955 g/mol. The van der Waals surface area contributed by atoms with Gasteiger partial charge < -0.3 is 9.97 Å². The Bertz CT molecular complexity index is 3150. The van der Waals surface area contributed by atoms with E-state index in [9.17, 15) is 0 Å². The molecule has 0 fully saturated rings. The van der Waals surface area contributed by atoms with Gasteiger partial charge in [-0.1, -0.05) is 140 Å². The Hall–Kier alpha value is -7.29. The van der Waals surface area contributed by atoms with Crippen LogP contribution < -0.4 is 0 Å². The van der Waals surface area contributed by atoms with Gasteiger partial charge in [0.25, 0.3) is 0 Å². The summed E-state index contributed by atoms with van der Waals surface area (Å²) in [7, 11) is 0. The van der Waals surface area contributed by atoms with Gasteiger partial charge in [0.1, 0.15) is 0 Å². The summed E-state index contributed by atoms with van der Waals surface area (Å²) < 4.78 is 0.